The molecule has 0 saturated heterocycles. The molecule has 0 fully saturated rings. The third-order valence-corrected chi connectivity index (χ3v) is 4.60. The molecule has 2 rings (SSSR count). The summed E-state index contributed by atoms with van der Waals surface area (Å²) in [6, 6.07) is 11.2. The van der Waals surface area contributed by atoms with E-state index in [0.29, 0.717) is 18.7 Å². The molecule has 7 heteroatoms. The van der Waals surface area contributed by atoms with Crippen molar-refractivity contribution in [2.24, 2.45) is 5.14 Å². The molecule has 134 valence electrons. The van der Waals surface area contributed by atoms with E-state index >= 15 is 0 Å². The van der Waals surface area contributed by atoms with E-state index in [1.54, 1.807) is 0 Å². The summed E-state index contributed by atoms with van der Waals surface area (Å²) in [5.74, 6) is 0.527. The van der Waals surface area contributed by atoms with Crippen molar-refractivity contribution in [1.29, 1.82) is 0 Å². The summed E-state index contributed by atoms with van der Waals surface area (Å²) in [6.45, 7) is 5.05. The summed E-state index contributed by atoms with van der Waals surface area (Å²) in [5, 5.41) is 7.85. The lowest BCUT2D eigenvalue weighted by molar-refractivity contribution is 0.0951. The highest BCUT2D eigenvalue weighted by Gasteiger charge is 2.10. The maximum Gasteiger partial charge on any atom is 0.251 e. The number of nitrogens with two attached hydrogens (primary N) is 1. The number of nitrogens with one attached hydrogen (secondary N) is 1. The Labute approximate surface area is 148 Å². The topological polar surface area (TPSA) is 98.5 Å². The first-order valence-corrected chi connectivity index (χ1v) is 9.49. The molecular weight excluding hydrogens is 340 g/mol. The van der Waals surface area contributed by atoms with Crippen molar-refractivity contribution in [2.45, 2.75) is 31.7 Å². The van der Waals surface area contributed by atoms with Crippen LogP contribution in [0.3, 0.4) is 0 Å². The fraction of sp³-hybridized carbons (Fsp3) is 0.278. The van der Waals surface area contributed by atoms with Crippen LogP contribution in [0, 0.1) is 6.92 Å². The van der Waals surface area contributed by atoms with Crippen molar-refractivity contribution in [2.75, 3.05) is 6.61 Å². The molecule has 2 aromatic rings. The van der Waals surface area contributed by atoms with Crippen molar-refractivity contribution < 1.29 is 17.9 Å². The number of primary sulfonamides is 1. The van der Waals surface area contributed by atoms with Gasteiger partial charge in [0.05, 0.1) is 11.5 Å². The van der Waals surface area contributed by atoms with Crippen LogP contribution in [0.15, 0.2) is 47.4 Å². The maximum absolute atomic E-state index is 12.2. The molecule has 0 unspecified atom stereocenters. The SMILES string of the molecule is CCCOc1ccc(CNC(=O)c2ccc(S(N)(=O)=O)cc2)c(C)c1. The minimum Gasteiger partial charge on any atom is -0.494 e. The van der Waals surface area contributed by atoms with E-state index in [1.807, 2.05) is 32.0 Å². The molecule has 2 aromatic carbocycles. The number of hydrogen-bond donors (Lipinski definition) is 2. The van der Waals surface area contributed by atoms with Crippen LogP contribution < -0.4 is 15.2 Å². The molecule has 0 bridgehead atoms. The zero-order valence-corrected chi connectivity index (χ0v) is 15.1. The van der Waals surface area contributed by atoms with Gasteiger partial charge < -0.3 is 10.1 Å². The monoisotopic (exact) mass is 362 g/mol. The third kappa shape index (κ3) is 5.30. The van der Waals surface area contributed by atoms with Gasteiger partial charge in [-0.15, -0.1) is 0 Å². The second-order valence-electron chi connectivity index (χ2n) is 5.69. The molecule has 0 spiro atoms. The number of sulfonamides is 1. The molecule has 0 aliphatic carbocycles. The molecule has 0 radical (unpaired) electrons. The van der Waals surface area contributed by atoms with Crippen molar-refractivity contribution in [1.82, 2.24) is 5.32 Å². The van der Waals surface area contributed by atoms with E-state index in [-0.39, 0.29) is 10.8 Å². The van der Waals surface area contributed by atoms with Crippen LogP contribution in [-0.4, -0.2) is 20.9 Å². The van der Waals surface area contributed by atoms with Gasteiger partial charge in [-0.2, -0.15) is 0 Å². The molecule has 0 aliphatic heterocycles. The van der Waals surface area contributed by atoms with Gasteiger partial charge in [0.1, 0.15) is 5.75 Å². The summed E-state index contributed by atoms with van der Waals surface area (Å²) in [7, 11) is -3.76. The minimum absolute atomic E-state index is 0.0254. The summed E-state index contributed by atoms with van der Waals surface area (Å²) in [5.41, 5.74) is 2.38. The Bertz CT molecular complexity index is 846. The third-order valence-electron chi connectivity index (χ3n) is 3.67. The summed E-state index contributed by atoms with van der Waals surface area (Å²) >= 11 is 0. The largest absolute Gasteiger partial charge is 0.494 e. The number of ether oxygens (including phenoxy) is 1. The first kappa shape index (κ1) is 19.0. The fourth-order valence-electron chi connectivity index (χ4n) is 2.25. The molecule has 0 aliphatic rings. The highest BCUT2D eigenvalue weighted by molar-refractivity contribution is 7.89. The summed E-state index contributed by atoms with van der Waals surface area (Å²) < 4.78 is 28.0. The van der Waals surface area contributed by atoms with E-state index in [2.05, 4.69) is 5.32 Å². The van der Waals surface area contributed by atoms with Crippen molar-refractivity contribution >= 4 is 15.9 Å². The second kappa shape index (κ2) is 8.13. The number of amides is 1. The van der Waals surface area contributed by atoms with Gasteiger partial charge in [-0.1, -0.05) is 13.0 Å². The van der Waals surface area contributed by atoms with Crippen molar-refractivity contribution in [3.05, 3.63) is 59.2 Å². The van der Waals surface area contributed by atoms with Crippen LogP contribution in [0.2, 0.25) is 0 Å². The van der Waals surface area contributed by atoms with E-state index in [1.165, 1.54) is 24.3 Å². The Morgan fingerprint density at radius 2 is 1.84 bits per heavy atom. The van der Waals surface area contributed by atoms with Gasteiger partial charge in [0.15, 0.2) is 0 Å². The number of benzene rings is 2. The Balaban J connectivity index is 2.00. The lowest BCUT2D eigenvalue weighted by atomic mass is 10.1. The highest BCUT2D eigenvalue weighted by Crippen LogP contribution is 2.17. The predicted octanol–water partition coefficient (Wildman–Crippen LogP) is 2.36. The van der Waals surface area contributed by atoms with Crippen LogP contribution in [0.1, 0.15) is 34.8 Å². The normalized spacial score (nSPS) is 11.2. The van der Waals surface area contributed by atoms with E-state index < -0.39 is 10.0 Å². The summed E-state index contributed by atoms with van der Waals surface area (Å²) in [6.07, 6.45) is 0.946. The summed E-state index contributed by atoms with van der Waals surface area (Å²) in [4.78, 5) is 12.2. The number of aryl methyl sites for hydroxylation is 1. The predicted molar refractivity (Wildman–Crippen MR) is 96.0 cm³/mol. The first-order chi connectivity index (χ1) is 11.8. The molecule has 25 heavy (non-hydrogen) atoms. The zero-order chi connectivity index (χ0) is 18.4. The smallest absolute Gasteiger partial charge is 0.251 e. The fourth-order valence-corrected chi connectivity index (χ4v) is 2.77. The van der Waals surface area contributed by atoms with Crippen molar-refractivity contribution in [3.63, 3.8) is 0 Å². The van der Waals surface area contributed by atoms with Gasteiger partial charge in [0.25, 0.3) is 5.91 Å². The number of hydrogen-bond acceptors (Lipinski definition) is 4. The van der Waals surface area contributed by atoms with Crippen LogP contribution in [-0.2, 0) is 16.6 Å². The van der Waals surface area contributed by atoms with Gasteiger partial charge in [-0.3, -0.25) is 4.79 Å². The van der Waals surface area contributed by atoms with Gasteiger partial charge in [-0.25, -0.2) is 13.6 Å². The van der Waals surface area contributed by atoms with Crippen LogP contribution in [0.25, 0.3) is 0 Å². The quantitative estimate of drug-likeness (QED) is 0.790. The van der Waals surface area contributed by atoms with E-state index in [0.717, 1.165) is 23.3 Å². The Hall–Kier alpha value is -2.38. The maximum atomic E-state index is 12.2. The molecule has 0 saturated carbocycles. The second-order valence-corrected chi connectivity index (χ2v) is 7.25. The Morgan fingerprint density at radius 1 is 1.16 bits per heavy atom. The Morgan fingerprint density at radius 3 is 2.40 bits per heavy atom. The lowest BCUT2D eigenvalue weighted by Gasteiger charge is -2.11. The van der Waals surface area contributed by atoms with Crippen LogP contribution in [0.4, 0.5) is 0 Å². The van der Waals surface area contributed by atoms with Crippen LogP contribution in [0.5, 0.6) is 5.75 Å². The number of carbonyl (C=O) groups excluding carboxylic acids is 1. The zero-order valence-electron chi connectivity index (χ0n) is 14.3. The van der Waals surface area contributed by atoms with Gasteiger partial charge in [0.2, 0.25) is 10.0 Å². The number of carbonyl (C=O) groups is 1. The van der Waals surface area contributed by atoms with Gasteiger partial charge in [-0.05, 0) is 60.9 Å². The first-order valence-electron chi connectivity index (χ1n) is 7.94. The molecule has 0 heterocycles. The standard InChI is InChI=1S/C18H22N2O4S/c1-3-10-24-16-7-4-15(13(2)11-16)12-20-18(21)14-5-8-17(9-6-14)25(19,22)23/h4-9,11H,3,10,12H2,1-2H3,(H,20,21)(H2,19,22,23). The van der Waals surface area contributed by atoms with Gasteiger partial charge in [0, 0.05) is 12.1 Å². The van der Waals surface area contributed by atoms with E-state index in [4.69, 9.17) is 9.88 Å². The molecule has 0 atom stereocenters. The average molecular weight is 362 g/mol. The Kier molecular flexibility index (Phi) is 6.17. The van der Waals surface area contributed by atoms with Gasteiger partial charge >= 0.3 is 0 Å². The highest BCUT2D eigenvalue weighted by atomic mass is 32.2. The minimum atomic E-state index is -3.76. The molecule has 0 aromatic heterocycles. The average Bonchev–Trinajstić information content (AvgIpc) is 2.58. The molecule has 1 amide bonds. The molecule has 6 nitrogen and oxygen atoms in total. The van der Waals surface area contributed by atoms with Crippen LogP contribution >= 0.6 is 0 Å². The lowest BCUT2D eigenvalue weighted by Crippen LogP contribution is -2.23. The molecular formula is C18H22N2O4S. The van der Waals surface area contributed by atoms with Crippen molar-refractivity contribution in [3.8, 4) is 5.75 Å². The number of rotatable bonds is 7. The van der Waals surface area contributed by atoms with E-state index in [9.17, 15) is 13.2 Å². The molecule has 3 N–H and O–H groups in total.